The minimum atomic E-state index is -1.34. The van der Waals surface area contributed by atoms with Gasteiger partial charge in [0, 0.05) is 17.0 Å². The van der Waals surface area contributed by atoms with Gasteiger partial charge < -0.3 is 4.74 Å². The molecule has 0 aromatic heterocycles. The molecule has 3 aliphatic carbocycles. The van der Waals surface area contributed by atoms with Crippen molar-refractivity contribution in [2.75, 3.05) is 0 Å². The van der Waals surface area contributed by atoms with E-state index in [1.165, 1.54) is 0 Å². The highest BCUT2D eigenvalue weighted by atomic mass is 35.5. The van der Waals surface area contributed by atoms with E-state index in [-0.39, 0.29) is 13.0 Å². The first-order valence-corrected chi connectivity index (χ1v) is 14.8. The van der Waals surface area contributed by atoms with Gasteiger partial charge >= 0.3 is 5.97 Å². The summed E-state index contributed by atoms with van der Waals surface area (Å²) in [5.41, 5.74) is 4.18. The second kappa shape index (κ2) is 9.98. The van der Waals surface area contributed by atoms with Gasteiger partial charge in [-0.05, 0) is 33.9 Å². The maximum absolute atomic E-state index is 14.5. The smallest absolute Gasteiger partial charge is 0.330 e. The first kappa shape index (κ1) is 27.2. The number of hydrogen-bond acceptors (Lipinski definition) is 4. The molecule has 0 unspecified atom stereocenters. The molecule has 42 heavy (non-hydrogen) atoms. The first-order valence-electron chi connectivity index (χ1n) is 13.7. The molecule has 1 aliphatic heterocycles. The van der Waals surface area contributed by atoms with Gasteiger partial charge in [-0.1, -0.05) is 109 Å². The van der Waals surface area contributed by atoms with E-state index in [0.29, 0.717) is 32.8 Å². The van der Waals surface area contributed by atoms with E-state index >= 15 is 0 Å². The maximum atomic E-state index is 14.5. The fourth-order valence-electron chi connectivity index (χ4n) is 6.97. The van der Waals surface area contributed by atoms with E-state index in [9.17, 15) is 14.4 Å². The van der Waals surface area contributed by atoms with Crippen LogP contribution in [0.25, 0.3) is 0 Å². The molecule has 1 heterocycles. The van der Waals surface area contributed by atoms with Gasteiger partial charge in [-0.15, -0.1) is 23.2 Å². The second-order valence-corrected chi connectivity index (χ2v) is 12.5. The molecule has 4 aromatic carbocycles. The standard InChI is InChI=1S/C34H24Cl3NO4/c35-26-17-9-4-12-21(26)19-42-32(41)27(18-20-10-2-1-3-11-20)38-30(39)28-29(31(38)40)34(37)23-14-6-5-13-22(23)33(28,36)24-15-7-8-16-25(24)34/h1-17,27-29H,18-19H2/t27-,28-,29+,33?,34?/m1/s1. The van der Waals surface area contributed by atoms with Gasteiger partial charge in [0.15, 0.2) is 0 Å². The van der Waals surface area contributed by atoms with Crippen molar-refractivity contribution < 1.29 is 19.1 Å². The van der Waals surface area contributed by atoms with E-state index in [4.69, 9.17) is 39.5 Å². The SMILES string of the molecule is O=C(OCc1ccccc1Cl)[C@@H](Cc1ccccc1)N1C(=O)[C@@H]2[C@H](C1=O)C1(Cl)c3ccccc3C2(Cl)c2ccccc21. The Kier molecular flexibility index (Phi) is 6.46. The summed E-state index contributed by atoms with van der Waals surface area (Å²) >= 11 is 21.4. The fraction of sp³-hybridized carbons (Fsp3) is 0.206. The van der Waals surface area contributed by atoms with Gasteiger partial charge in [0.2, 0.25) is 11.8 Å². The summed E-state index contributed by atoms with van der Waals surface area (Å²) in [4.78, 5) is 41.2. The summed E-state index contributed by atoms with van der Waals surface area (Å²) in [5.74, 6) is -3.81. The van der Waals surface area contributed by atoms with Crippen LogP contribution in [0.3, 0.4) is 0 Å². The van der Waals surface area contributed by atoms with Gasteiger partial charge in [-0.3, -0.25) is 14.5 Å². The number of halogens is 3. The lowest BCUT2D eigenvalue weighted by Crippen LogP contribution is -2.57. The van der Waals surface area contributed by atoms with Crippen LogP contribution in [0, 0.1) is 11.8 Å². The molecule has 1 saturated heterocycles. The van der Waals surface area contributed by atoms with Gasteiger partial charge in [-0.2, -0.15) is 0 Å². The van der Waals surface area contributed by atoms with Crippen LogP contribution >= 0.6 is 34.8 Å². The molecule has 2 bridgehead atoms. The number of hydrogen-bond donors (Lipinski definition) is 0. The van der Waals surface area contributed by atoms with Crippen LogP contribution in [0.5, 0.6) is 0 Å². The zero-order valence-corrected chi connectivity index (χ0v) is 24.4. The van der Waals surface area contributed by atoms with Crippen LogP contribution in [0.4, 0.5) is 0 Å². The summed E-state index contributed by atoms with van der Waals surface area (Å²) in [7, 11) is 0. The Hall–Kier alpha value is -3.64. The Balaban J connectivity index is 1.33. The summed E-state index contributed by atoms with van der Waals surface area (Å²) < 4.78 is 5.71. The number of benzene rings is 4. The summed E-state index contributed by atoms with van der Waals surface area (Å²) in [6.45, 7) is -0.108. The van der Waals surface area contributed by atoms with Crippen LogP contribution in [0.2, 0.25) is 5.02 Å². The topological polar surface area (TPSA) is 63.7 Å². The molecule has 0 saturated carbocycles. The Bertz CT molecular complexity index is 1640. The summed E-state index contributed by atoms with van der Waals surface area (Å²) in [5, 5.41) is 0.449. The Morgan fingerprint density at radius 1 is 0.714 bits per heavy atom. The predicted octanol–water partition coefficient (Wildman–Crippen LogP) is 6.59. The highest BCUT2D eigenvalue weighted by molar-refractivity contribution is 6.36. The predicted molar refractivity (Wildman–Crippen MR) is 160 cm³/mol. The molecule has 8 heteroatoms. The van der Waals surface area contributed by atoms with Crippen molar-refractivity contribution in [3.8, 4) is 0 Å². The van der Waals surface area contributed by atoms with E-state index in [0.717, 1.165) is 10.5 Å². The number of alkyl halides is 2. The third-order valence-corrected chi connectivity index (χ3v) is 10.5. The van der Waals surface area contributed by atoms with Crippen molar-refractivity contribution in [3.05, 3.63) is 142 Å². The van der Waals surface area contributed by atoms with Crippen molar-refractivity contribution in [3.63, 3.8) is 0 Å². The number of carbonyl (C=O) groups excluding carboxylic acids is 3. The molecule has 0 radical (unpaired) electrons. The normalized spacial score (nSPS) is 25.9. The lowest BCUT2D eigenvalue weighted by molar-refractivity contribution is -0.159. The highest BCUT2D eigenvalue weighted by Gasteiger charge is 2.73. The zero-order valence-electron chi connectivity index (χ0n) is 22.2. The van der Waals surface area contributed by atoms with Crippen LogP contribution in [0.15, 0.2) is 103 Å². The minimum Gasteiger partial charge on any atom is -0.459 e. The van der Waals surface area contributed by atoms with Crippen molar-refractivity contribution in [2.24, 2.45) is 11.8 Å². The molecule has 0 spiro atoms. The number of carbonyl (C=O) groups is 3. The van der Waals surface area contributed by atoms with Gasteiger partial charge in [0.25, 0.3) is 0 Å². The Morgan fingerprint density at radius 2 is 1.17 bits per heavy atom. The van der Waals surface area contributed by atoms with Crippen LogP contribution < -0.4 is 0 Å². The number of rotatable bonds is 6. The lowest BCUT2D eigenvalue weighted by Gasteiger charge is -2.54. The Labute approximate surface area is 258 Å². The number of likely N-dealkylation sites (tertiary alicyclic amines) is 1. The summed E-state index contributed by atoms with van der Waals surface area (Å²) in [6.07, 6.45) is 0.0730. The second-order valence-electron chi connectivity index (χ2n) is 10.9. The lowest BCUT2D eigenvalue weighted by atomic mass is 9.54. The molecule has 0 N–H and O–H groups in total. The molecule has 4 aromatic rings. The van der Waals surface area contributed by atoms with E-state index < -0.39 is 45.4 Å². The molecule has 5 nitrogen and oxygen atoms in total. The van der Waals surface area contributed by atoms with Gasteiger partial charge in [0.1, 0.15) is 22.4 Å². The van der Waals surface area contributed by atoms with Crippen molar-refractivity contribution in [1.29, 1.82) is 0 Å². The third kappa shape index (κ3) is 3.73. The quantitative estimate of drug-likeness (QED) is 0.139. The van der Waals surface area contributed by atoms with Crippen LogP contribution in [-0.4, -0.2) is 28.7 Å². The monoisotopic (exact) mass is 615 g/mol. The van der Waals surface area contributed by atoms with E-state index in [1.807, 2.05) is 78.9 Å². The van der Waals surface area contributed by atoms with Crippen molar-refractivity contribution >= 4 is 52.6 Å². The molecule has 2 amide bonds. The fourth-order valence-corrected chi connectivity index (χ4v) is 8.26. The maximum Gasteiger partial charge on any atom is 0.330 e. The van der Waals surface area contributed by atoms with Crippen LogP contribution in [-0.2, 0) is 41.9 Å². The zero-order chi connectivity index (χ0) is 29.2. The van der Waals surface area contributed by atoms with Gasteiger partial charge in [0.05, 0.1) is 11.8 Å². The molecule has 210 valence electrons. The number of esters is 1. The van der Waals surface area contributed by atoms with Gasteiger partial charge in [-0.25, -0.2) is 4.79 Å². The summed E-state index contributed by atoms with van der Waals surface area (Å²) in [6, 6.07) is 29.9. The number of nitrogens with zero attached hydrogens (tertiary/aromatic N) is 1. The molecule has 8 rings (SSSR count). The molecular weight excluding hydrogens is 593 g/mol. The third-order valence-electron chi connectivity index (χ3n) is 8.80. The average Bonchev–Trinajstić information content (AvgIpc) is 3.29. The van der Waals surface area contributed by atoms with E-state index in [2.05, 4.69) is 0 Å². The Morgan fingerprint density at radius 3 is 1.67 bits per heavy atom. The van der Waals surface area contributed by atoms with Crippen molar-refractivity contribution in [2.45, 2.75) is 28.8 Å². The number of imide groups is 1. The number of amides is 2. The van der Waals surface area contributed by atoms with Crippen LogP contribution in [0.1, 0.15) is 33.4 Å². The molecular formula is C34H24Cl3NO4. The first-order chi connectivity index (χ1) is 20.3. The highest BCUT2D eigenvalue weighted by Crippen LogP contribution is 2.69. The van der Waals surface area contributed by atoms with Crippen molar-refractivity contribution in [1.82, 2.24) is 4.90 Å². The molecule has 1 fully saturated rings. The number of ether oxygens (including phenoxy) is 1. The largest absolute Gasteiger partial charge is 0.459 e. The van der Waals surface area contributed by atoms with E-state index in [1.54, 1.807) is 24.3 Å². The minimum absolute atomic E-state index is 0.0730. The molecule has 4 aliphatic rings. The average molecular weight is 617 g/mol. The molecule has 3 atom stereocenters.